The molecular weight excluding hydrogens is 75.1 g/mol. The largest absolute Gasteiger partial charge is 0.412 e. The van der Waals surface area contributed by atoms with E-state index in [4.69, 9.17) is 0 Å². The molecule has 28 valence electrons. The maximum absolute atomic E-state index is 0. The Labute approximate surface area is 29.7 Å². The van der Waals surface area contributed by atoms with Crippen molar-refractivity contribution in [2.45, 2.75) is 7.43 Å². The lowest BCUT2D eigenvalue weighted by atomic mass is 12.0. The lowest BCUT2D eigenvalue weighted by molar-refractivity contribution is 0.824. The molecule has 0 unspecified atom stereocenters. The normalized spacial score (nSPS) is 0. The number of rotatable bonds is 0. The average molecular weight is 82.2 g/mol. The van der Waals surface area contributed by atoms with Gasteiger partial charge in [0.1, 0.15) is 0 Å². The zero-order valence-corrected chi connectivity index (χ0v) is 2.41. The highest BCUT2D eigenvalue weighted by molar-refractivity contribution is 5.75. The third-order valence-corrected chi connectivity index (χ3v) is 0. The molecule has 0 saturated heterocycles. The Morgan fingerprint density at radius 1 is 1.00 bits per heavy atom. The summed E-state index contributed by atoms with van der Waals surface area (Å²) in [4.78, 5) is 0. The van der Waals surface area contributed by atoms with E-state index in [1.807, 2.05) is 0 Å². The predicted molar refractivity (Wildman–Crippen MR) is 18.6 cm³/mol. The van der Waals surface area contributed by atoms with Crippen molar-refractivity contribution in [3.05, 3.63) is 0 Å². The van der Waals surface area contributed by atoms with Crippen LogP contribution in [0.25, 0.3) is 0 Å². The molecule has 0 aromatic rings. The molecule has 0 aromatic carbocycles. The fourth-order valence-electron chi connectivity index (χ4n) is 0. The number of hydrogen-bond acceptors (Lipinski definition) is 0. The highest BCUT2D eigenvalue weighted by Gasteiger charge is 0.0000192. The first-order valence-electron chi connectivity index (χ1n) is 0. The van der Waals surface area contributed by atoms with Gasteiger partial charge in [-0.25, -0.2) is 0 Å². The van der Waals surface area contributed by atoms with E-state index in [-0.39, 0.29) is 28.6 Å². The van der Waals surface area contributed by atoms with Crippen LogP contribution >= 0.6 is 0 Å². The van der Waals surface area contributed by atoms with E-state index < -0.39 is 0 Å². The minimum atomic E-state index is 0. The molecule has 0 rings (SSSR count). The zero-order valence-electron chi connectivity index (χ0n) is 1.41. The molecule has 0 aliphatic carbocycles. The van der Waals surface area contributed by atoms with E-state index in [1.165, 1.54) is 0 Å². The van der Waals surface area contributed by atoms with Gasteiger partial charge in [0, 0.05) is 11.0 Å². The Morgan fingerprint density at radius 3 is 1.00 bits per heavy atom. The minimum Gasteiger partial charge on any atom is -0.412 e. The Kier molecular flexibility index (Phi) is 1050000. The molecule has 4 heavy (non-hydrogen) atoms. The summed E-state index contributed by atoms with van der Waals surface area (Å²) in [5.74, 6) is 0. The maximum Gasteiger partial charge on any atom is 0 e. The van der Waals surface area contributed by atoms with Crippen LogP contribution < -0.4 is 0 Å². The lowest BCUT2D eigenvalue weighted by Gasteiger charge is -0.412. The summed E-state index contributed by atoms with van der Waals surface area (Å²) in [5, 5.41) is 0. The molecule has 0 aliphatic heterocycles. The Hall–Kier alpha value is 0.107. The monoisotopic (exact) mass is 82.0 g/mol. The van der Waals surface area contributed by atoms with Gasteiger partial charge in [0.2, 0.25) is 0 Å². The first-order valence-corrected chi connectivity index (χ1v) is 0. The van der Waals surface area contributed by atoms with Crippen LogP contribution in [0.5, 0.6) is 0 Å². The van der Waals surface area contributed by atoms with Gasteiger partial charge in [0.15, 0.2) is 0 Å². The van der Waals surface area contributed by atoms with Crippen molar-refractivity contribution in [3.8, 4) is 0 Å². The summed E-state index contributed by atoms with van der Waals surface area (Å²) in [6.45, 7) is 0. The summed E-state index contributed by atoms with van der Waals surface area (Å²) in [5.41, 5.74) is 0. The van der Waals surface area contributed by atoms with E-state index in [1.54, 1.807) is 0 Å². The molecule has 0 spiro atoms. The second kappa shape index (κ2) is 1210. The molecular formula is CH7FOSi. The van der Waals surface area contributed by atoms with Gasteiger partial charge in [-0.1, -0.05) is 7.43 Å². The highest BCUT2D eigenvalue weighted by Crippen LogP contribution is 0.420. The van der Waals surface area contributed by atoms with E-state index in [2.05, 4.69) is 0 Å². The van der Waals surface area contributed by atoms with Gasteiger partial charge in [0.25, 0.3) is 0 Å². The Morgan fingerprint density at radius 2 is 1.00 bits per heavy atom. The summed E-state index contributed by atoms with van der Waals surface area (Å²) < 4.78 is 0. The van der Waals surface area contributed by atoms with Crippen LogP contribution in [0.1, 0.15) is 7.43 Å². The van der Waals surface area contributed by atoms with Crippen LogP contribution in [0.4, 0.5) is 4.70 Å². The van der Waals surface area contributed by atoms with Crippen molar-refractivity contribution in [1.82, 2.24) is 0 Å². The summed E-state index contributed by atoms with van der Waals surface area (Å²) in [7, 11) is 0. The molecule has 3 heteroatoms. The van der Waals surface area contributed by atoms with Crippen molar-refractivity contribution in [2.24, 2.45) is 0 Å². The van der Waals surface area contributed by atoms with E-state index in [0.717, 1.165) is 0 Å². The second-order valence-corrected chi connectivity index (χ2v) is 0. The molecule has 0 fully saturated rings. The standard InChI is InChI=1S/CH4.FH.H2O.Si/h1H4;1H;1H2;. The van der Waals surface area contributed by atoms with Gasteiger partial charge < -0.3 is 5.48 Å². The molecule has 1 nitrogen and oxygen atoms in total. The fourth-order valence-corrected chi connectivity index (χ4v) is 0. The minimum absolute atomic E-state index is 0. The van der Waals surface area contributed by atoms with Crippen molar-refractivity contribution in [2.75, 3.05) is 0 Å². The van der Waals surface area contributed by atoms with E-state index in [9.17, 15) is 0 Å². The third-order valence-electron chi connectivity index (χ3n) is 0. The topological polar surface area (TPSA) is 31.5 Å². The summed E-state index contributed by atoms with van der Waals surface area (Å²) >= 11 is 0. The van der Waals surface area contributed by atoms with Crippen LogP contribution in [-0.2, 0) is 0 Å². The molecule has 0 aliphatic rings. The van der Waals surface area contributed by atoms with Gasteiger partial charge in [-0.2, -0.15) is 0 Å². The van der Waals surface area contributed by atoms with Crippen LogP contribution in [-0.4, -0.2) is 16.4 Å². The smallest absolute Gasteiger partial charge is 0 e. The van der Waals surface area contributed by atoms with Gasteiger partial charge >= 0.3 is 0 Å². The molecule has 4 radical (unpaired) electrons. The maximum atomic E-state index is 0. The molecule has 0 heterocycles. The van der Waals surface area contributed by atoms with Crippen molar-refractivity contribution in [3.63, 3.8) is 0 Å². The lowest BCUT2D eigenvalue weighted by Crippen LogP contribution is -0.381. The van der Waals surface area contributed by atoms with E-state index in [0.29, 0.717) is 0 Å². The third kappa shape index (κ3) is 226. The molecule has 0 bridgehead atoms. The predicted octanol–water partition coefficient (Wildman–Crippen LogP) is -0.417. The van der Waals surface area contributed by atoms with Crippen molar-refractivity contribution in [1.29, 1.82) is 0 Å². The molecule has 2 N–H and O–H groups in total. The summed E-state index contributed by atoms with van der Waals surface area (Å²) in [6.07, 6.45) is 0. The van der Waals surface area contributed by atoms with Crippen LogP contribution in [0.15, 0.2) is 0 Å². The summed E-state index contributed by atoms with van der Waals surface area (Å²) in [6, 6.07) is 0. The molecule has 0 aromatic heterocycles. The second-order valence-electron chi connectivity index (χ2n) is 0. The fraction of sp³-hybridized carbons (Fsp3) is 1.00. The van der Waals surface area contributed by atoms with Crippen LogP contribution in [0.3, 0.4) is 0 Å². The first kappa shape index (κ1) is 3470. The van der Waals surface area contributed by atoms with Crippen LogP contribution in [0.2, 0.25) is 0 Å². The quantitative estimate of drug-likeness (QED) is 0.356. The number of hydrogen-bond donors (Lipinski definition) is 0. The van der Waals surface area contributed by atoms with Crippen molar-refractivity contribution < 1.29 is 10.2 Å². The van der Waals surface area contributed by atoms with Gasteiger partial charge in [0.05, 0.1) is 0 Å². The Balaban J connectivity index is 0. The van der Waals surface area contributed by atoms with Crippen molar-refractivity contribution >= 4 is 11.0 Å². The SMILES string of the molecule is C.F.O.[Si]. The molecule has 0 saturated carbocycles. The van der Waals surface area contributed by atoms with E-state index >= 15 is 0 Å². The zero-order chi connectivity index (χ0) is 0. The Bertz CT molecular complexity index is 8.00. The van der Waals surface area contributed by atoms with Gasteiger partial charge in [-0.3, -0.25) is 4.70 Å². The average Bonchev–Trinajstić information content (AvgIpc) is 0. The number of halogens is 1. The van der Waals surface area contributed by atoms with Crippen LogP contribution in [0, 0.1) is 0 Å². The first-order chi connectivity index (χ1) is 0. The highest BCUT2D eigenvalue weighted by atomic mass is 28.1. The van der Waals surface area contributed by atoms with Gasteiger partial charge in [-0.15, -0.1) is 0 Å². The molecule has 0 atom stereocenters. The van der Waals surface area contributed by atoms with Gasteiger partial charge in [-0.05, 0) is 0 Å². The molecule has 0 amide bonds.